The van der Waals surface area contributed by atoms with Gasteiger partial charge in [-0.2, -0.15) is 0 Å². The van der Waals surface area contributed by atoms with Crippen LogP contribution in [0, 0.1) is 13.8 Å². The van der Waals surface area contributed by atoms with Crippen LogP contribution in [0.15, 0.2) is 72.4 Å². The molecule has 6 heteroatoms. The van der Waals surface area contributed by atoms with E-state index in [1.54, 1.807) is 37.4 Å². The molecule has 174 valence electrons. The van der Waals surface area contributed by atoms with Crippen LogP contribution in [0.2, 0.25) is 0 Å². The number of aryl methyl sites for hydroxylation is 2. The Morgan fingerprint density at radius 1 is 0.794 bits per heavy atom. The smallest absolute Gasteiger partial charge is 0.282 e. The van der Waals surface area contributed by atoms with Gasteiger partial charge in [0.2, 0.25) is 0 Å². The number of ether oxygens (including phenoxy) is 2. The first-order chi connectivity index (χ1) is 16.3. The van der Waals surface area contributed by atoms with Gasteiger partial charge in [0.1, 0.15) is 17.2 Å². The Labute approximate surface area is 199 Å². The molecule has 0 fully saturated rings. The quantitative estimate of drug-likeness (QED) is 0.476. The molecular weight excluding hydrogens is 428 g/mol. The average molecular weight is 457 g/mol. The van der Waals surface area contributed by atoms with Crippen molar-refractivity contribution in [3.63, 3.8) is 0 Å². The van der Waals surface area contributed by atoms with Crippen LogP contribution in [0.1, 0.15) is 30.5 Å². The minimum absolute atomic E-state index is 0.0590. The van der Waals surface area contributed by atoms with Crippen molar-refractivity contribution in [1.82, 2.24) is 0 Å². The van der Waals surface area contributed by atoms with Crippen molar-refractivity contribution in [2.75, 3.05) is 17.3 Å². The molecular formula is C28H28N2O4. The number of anilines is 2. The number of rotatable bonds is 7. The maximum Gasteiger partial charge on any atom is 0.282 e. The summed E-state index contributed by atoms with van der Waals surface area (Å²) in [5, 5.41) is 3.19. The van der Waals surface area contributed by atoms with Crippen molar-refractivity contribution in [2.45, 2.75) is 33.8 Å². The number of benzene rings is 3. The lowest BCUT2D eigenvalue weighted by Crippen LogP contribution is -2.32. The minimum Gasteiger partial charge on any atom is -0.497 e. The Bertz CT molecular complexity index is 1260. The second kappa shape index (κ2) is 9.43. The number of methoxy groups -OCH3 is 1. The number of hydrogen-bond acceptors (Lipinski definition) is 5. The summed E-state index contributed by atoms with van der Waals surface area (Å²) in [5.74, 6) is 0.625. The fourth-order valence-electron chi connectivity index (χ4n) is 3.80. The van der Waals surface area contributed by atoms with Gasteiger partial charge in [0, 0.05) is 5.69 Å². The first-order valence-electron chi connectivity index (χ1n) is 11.2. The molecule has 6 nitrogen and oxygen atoms in total. The molecule has 0 aliphatic carbocycles. The van der Waals surface area contributed by atoms with E-state index in [1.165, 1.54) is 4.90 Å². The molecule has 1 aliphatic rings. The predicted molar refractivity (Wildman–Crippen MR) is 134 cm³/mol. The average Bonchev–Trinajstić information content (AvgIpc) is 3.06. The topological polar surface area (TPSA) is 67.9 Å². The van der Waals surface area contributed by atoms with Gasteiger partial charge in [-0.15, -0.1) is 0 Å². The Balaban J connectivity index is 1.75. The summed E-state index contributed by atoms with van der Waals surface area (Å²) in [6.07, 6.45) is 0.0590. The molecule has 0 saturated heterocycles. The van der Waals surface area contributed by atoms with Crippen LogP contribution in [0.4, 0.5) is 11.4 Å². The van der Waals surface area contributed by atoms with Crippen LogP contribution in [0.5, 0.6) is 11.5 Å². The first kappa shape index (κ1) is 23.1. The van der Waals surface area contributed by atoms with Crippen molar-refractivity contribution in [1.29, 1.82) is 0 Å². The van der Waals surface area contributed by atoms with Crippen molar-refractivity contribution in [3.8, 4) is 11.5 Å². The zero-order valence-corrected chi connectivity index (χ0v) is 20.0. The molecule has 4 rings (SSSR count). The Kier molecular flexibility index (Phi) is 6.41. The molecule has 0 saturated carbocycles. The summed E-state index contributed by atoms with van der Waals surface area (Å²) < 4.78 is 11.0. The van der Waals surface area contributed by atoms with Crippen molar-refractivity contribution in [3.05, 3.63) is 89.1 Å². The first-order valence-corrected chi connectivity index (χ1v) is 11.2. The van der Waals surface area contributed by atoms with Crippen LogP contribution in [-0.2, 0) is 9.59 Å². The van der Waals surface area contributed by atoms with E-state index in [-0.39, 0.29) is 17.7 Å². The van der Waals surface area contributed by atoms with Gasteiger partial charge >= 0.3 is 0 Å². The van der Waals surface area contributed by atoms with E-state index in [4.69, 9.17) is 9.47 Å². The molecule has 0 radical (unpaired) electrons. The molecule has 0 aromatic heterocycles. The number of carbonyl (C=O) groups excluding carboxylic acids is 2. The largest absolute Gasteiger partial charge is 0.497 e. The lowest BCUT2D eigenvalue weighted by Gasteiger charge is -2.17. The van der Waals surface area contributed by atoms with Gasteiger partial charge in [-0.05, 0) is 92.9 Å². The van der Waals surface area contributed by atoms with E-state index in [1.807, 2.05) is 64.1 Å². The van der Waals surface area contributed by atoms with Gasteiger partial charge in [-0.3, -0.25) is 9.59 Å². The fourth-order valence-corrected chi connectivity index (χ4v) is 3.80. The lowest BCUT2D eigenvalue weighted by atomic mass is 10.0. The summed E-state index contributed by atoms with van der Waals surface area (Å²) in [5.41, 5.74) is 4.49. The molecule has 1 N–H and O–H groups in total. The van der Waals surface area contributed by atoms with Crippen molar-refractivity contribution < 1.29 is 19.1 Å². The van der Waals surface area contributed by atoms with Crippen LogP contribution in [0.25, 0.3) is 5.57 Å². The van der Waals surface area contributed by atoms with Gasteiger partial charge in [0.25, 0.3) is 11.8 Å². The maximum atomic E-state index is 13.6. The SMILES string of the molecule is COc1ccc(C2=C(Nc3ccc(OC(C)C)cc3)C(=O)N(c3ccc(C)c(C)c3)C2=O)cc1. The third-order valence-electron chi connectivity index (χ3n) is 5.71. The normalized spacial score (nSPS) is 13.6. The molecule has 3 aromatic rings. The monoisotopic (exact) mass is 456 g/mol. The predicted octanol–water partition coefficient (Wildman–Crippen LogP) is 5.50. The van der Waals surface area contributed by atoms with Crippen molar-refractivity contribution >= 4 is 28.8 Å². The third-order valence-corrected chi connectivity index (χ3v) is 5.71. The second-order valence-corrected chi connectivity index (χ2v) is 8.51. The van der Waals surface area contributed by atoms with Gasteiger partial charge in [-0.25, -0.2) is 4.90 Å². The standard InChI is InChI=1S/C28H28N2O4/c1-17(2)34-24-14-9-21(10-15-24)29-26-25(20-7-12-23(33-5)13-8-20)27(31)30(28(26)32)22-11-6-18(3)19(4)16-22/h6-17,29H,1-5H3. The van der Waals surface area contributed by atoms with Gasteiger partial charge < -0.3 is 14.8 Å². The number of nitrogens with zero attached hydrogens (tertiary/aromatic N) is 1. The highest BCUT2D eigenvalue weighted by atomic mass is 16.5. The molecule has 3 aromatic carbocycles. The summed E-state index contributed by atoms with van der Waals surface area (Å²) in [6.45, 7) is 7.87. The van der Waals surface area contributed by atoms with E-state index in [2.05, 4.69) is 5.32 Å². The minimum atomic E-state index is -0.401. The maximum absolute atomic E-state index is 13.6. The third kappa shape index (κ3) is 4.53. The number of carbonyl (C=O) groups is 2. The zero-order chi connectivity index (χ0) is 24.4. The number of hydrogen-bond donors (Lipinski definition) is 1. The summed E-state index contributed by atoms with van der Waals surface area (Å²) in [4.78, 5) is 28.4. The molecule has 0 spiro atoms. The highest BCUT2D eigenvalue weighted by Gasteiger charge is 2.40. The number of imide groups is 1. The summed E-state index contributed by atoms with van der Waals surface area (Å²) in [6, 6.07) is 20.0. The van der Waals surface area contributed by atoms with Gasteiger partial charge in [-0.1, -0.05) is 18.2 Å². The van der Waals surface area contributed by atoms with Crippen LogP contribution in [-0.4, -0.2) is 25.0 Å². The van der Waals surface area contributed by atoms with Crippen molar-refractivity contribution in [2.24, 2.45) is 0 Å². The molecule has 1 heterocycles. The van der Waals surface area contributed by atoms with Crippen LogP contribution >= 0.6 is 0 Å². The molecule has 34 heavy (non-hydrogen) atoms. The van der Waals surface area contributed by atoms with Gasteiger partial charge in [0.15, 0.2) is 0 Å². The van der Waals surface area contributed by atoms with Crippen LogP contribution in [0.3, 0.4) is 0 Å². The van der Waals surface area contributed by atoms with E-state index in [0.29, 0.717) is 28.3 Å². The number of amides is 2. The highest BCUT2D eigenvalue weighted by Crippen LogP contribution is 2.35. The highest BCUT2D eigenvalue weighted by molar-refractivity contribution is 6.46. The fraction of sp³-hybridized carbons (Fsp3) is 0.214. The Hall–Kier alpha value is -4.06. The molecule has 1 aliphatic heterocycles. The number of nitrogens with one attached hydrogen (secondary N) is 1. The molecule has 0 bridgehead atoms. The molecule has 0 atom stereocenters. The Morgan fingerprint density at radius 3 is 2.03 bits per heavy atom. The van der Waals surface area contributed by atoms with E-state index >= 15 is 0 Å². The Morgan fingerprint density at radius 2 is 1.44 bits per heavy atom. The lowest BCUT2D eigenvalue weighted by molar-refractivity contribution is -0.120. The van der Waals surface area contributed by atoms with E-state index in [9.17, 15) is 9.59 Å². The summed E-state index contributed by atoms with van der Waals surface area (Å²) in [7, 11) is 1.58. The van der Waals surface area contributed by atoms with Crippen LogP contribution < -0.4 is 19.7 Å². The molecule has 2 amide bonds. The summed E-state index contributed by atoms with van der Waals surface area (Å²) >= 11 is 0. The van der Waals surface area contributed by atoms with Gasteiger partial charge in [0.05, 0.1) is 24.5 Å². The second-order valence-electron chi connectivity index (χ2n) is 8.51. The zero-order valence-electron chi connectivity index (χ0n) is 20.0. The molecule has 0 unspecified atom stereocenters. The van der Waals surface area contributed by atoms with E-state index < -0.39 is 5.91 Å². The van der Waals surface area contributed by atoms with E-state index in [0.717, 1.165) is 16.9 Å².